The van der Waals surface area contributed by atoms with Crippen LogP contribution >= 0.6 is 11.6 Å². The Morgan fingerprint density at radius 2 is 1.87 bits per heavy atom. The van der Waals surface area contributed by atoms with Crippen LogP contribution in [0, 0.1) is 6.92 Å². The molecule has 0 saturated carbocycles. The maximum Gasteiger partial charge on any atom is 0.291 e. The molecule has 3 aromatic rings. The number of benzene rings is 2. The molecule has 0 aliphatic rings. The second-order valence-corrected chi connectivity index (χ2v) is 5.44. The van der Waals surface area contributed by atoms with E-state index in [2.05, 4.69) is 5.32 Å². The Balaban J connectivity index is 2.01. The van der Waals surface area contributed by atoms with Crippen LogP contribution in [0.3, 0.4) is 0 Å². The molecule has 6 heteroatoms. The molecule has 0 aliphatic carbocycles. The van der Waals surface area contributed by atoms with E-state index in [1.807, 2.05) is 6.07 Å². The minimum Gasteiger partial charge on any atom is -0.449 e. The summed E-state index contributed by atoms with van der Waals surface area (Å²) in [6.45, 7) is 1.77. The van der Waals surface area contributed by atoms with Gasteiger partial charge >= 0.3 is 0 Å². The number of fused-ring (bicyclic) bond motifs is 1. The van der Waals surface area contributed by atoms with Crippen LogP contribution in [0.15, 0.2) is 46.9 Å². The fourth-order valence-corrected chi connectivity index (χ4v) is 2.62. The second kappa shape index (κ2) is 5.78. The van der Waals surface area contributed by atoms with E-state index in [1.54, 1.807) is 43.3 Å². The SMILES string of the molecule is Cc1c(C(=O)Nc2ccccc2C(N)=O)oc2c(Cl)cccc12. The molecular formula is C17H13ClN2O3. The average Bonchev–Trinajstić information content (AvgIpc) is 2.86. The highest BCUT2D eigenvalue weighted by molar-refractivity contribution is 6.35. The van der Waals surface area contributed by atoms with Crippen molar-refractivity contribution in [3.05, 3.63) is 64.4 Å². The van der Waals surface area contributed by atoms with Gasteiger partial charge in [0, 0.05) is 10.9 Å². The number of nitrogens with one attached hydrogen (secondary N) is 1. The maximum absolute atomic E-state index is 12.5. The van der Waals surface area contributed by atoms with E-state index in [0.717, 1.165) is 5.39 Å². The van der Waals surface area contributed by atoms with Crippen LogP contribution in [-0.4, -0.2) is 11.8 Å². The predicted molar refractivity (Wildman–Crippen MR) is 88.9 cm³/mol. The number of primary amides is 1. The van der Waals surface area contributed by atoms with Crippen molar-refractivity contribution in [2.24, 2.45) is 5.73 Å². The molecule has 0 unspecified atom stereocenters. The number of para-hydroxylation sites is 2. The molecular weight excluding hydrogens is 316 g/mol. The first kappa shape index (κ1) is 15.1. The Morgan fingerprint density at radius 3 is 2.57 bits per heavy atom. The molecule has 0 aliphatic heterocycles. The molecule has 0 fully saturated rings. The third-order valence-electron chi connectivity index (χ3n) is 3.56. The van der Waals surface area contributed by atoms with E-state index in [9.17, 15) is 9.59 Å². The van der Waals surface area contributed by atoms with Crippen LogP contribution in [-0.2, 0) is 0 Å². The molecule has 1 aromatic heterocycles. The Hall–Kier alpha value is -2.79. The van der Waals surface area contributed by atoms with Gasteiger partial charge < -0.3 is 15.5 Å². The van der Waals surface area contributed by atoms with Crippen molar-refractivity contribution >= 4 is 40.1 Å². The number of rotatable bonds is 3. The summed E-state index contributed by atoms with van der Waals surface area (Å²) in [6, 6.07) is 11.8. The van der Waals surface area contributed by atoms with Crippen molar-refractivity contribution < 1.29 is 14.0 Å². The van der Waals surface area contributed by atoms with E-state index in [-0.39, 0.29) is 11.3 Å². The summed E-state index contributed by atoms with van der Waals surface area (Å²) in [7, 11) is 0. The van der Waals surface area contributed by atoms with Crippen molar-refractivity contribution in [3.8, 4) is 0 Å². The van der Waals surface area contributed by atoms with Gasteiger partial charge in [-0.05, 0) is 25.1 Å². The molecule has 0 radical (unpaired) electrons. The highest BCUT2D eigenvalue weighted by Gasteiger charge is 2.20. The van der Waals surface area contributed by atoms with Crippen LogP contribution < -0.4 is 11.1 Å². The molecule has 116 valence electrons. The van der Waals surface area contributed by atoms with E-state index in [0.29, 0.717) is 21.9 Å². The molecule has 2 amide bonds. The lowest BCUT2D eigenvalue weighted by Crippen LogP contribution is -2.18. The number of hydrogen-bond donors (Lipinski definition) is 2. The van der Waals surface area contributed by atoms with Gasteiger partial charge in [-0.3, -0.25) is 9.59 Å². The summed E-state index contributed by atoms with van der Waals surface area (Å²) in [5.74, 6) is -0.943. The molecule has 1 heterocycles. The summed E-state index contributed by atoms with van der Waals surface area (Å²) in [6.07, 6.45) is 0. The first-order chi connectivity index (χ1) is 11.0. The zero-order chi connectivity index (χ0) is 16.6. The van der Waals surface area contributed by atoms with Gasteiger partial charge in [-0.2, -0.15) is 0 Å². The molecule has 0 bridgehead atoms. The third kappa shape index (κ3) is 2.66. The monoisotopic (exact) mass is 328 g/mol. The Bertz CT molecular complexity index is 931. The first-order valence-electron chi connectivity index (χ1n) is 6.87. The fourth-order valence-electron chi connectivity index (χ4n) is 2.41. The molecule has 2 aromatic carbocycles. The van der Waals surface area contributed by atoms with Crippen molar-refractivity contribution in [2.75, 3.05) is 5.32 Å². The summed E-state index contributed by atoms with van der Waals surface area (Å²) < 4.78 is 5.60. The van der Waals surface area contributed by atoms with Crippen molar-refractivity contribution in [2.45, 2.75) is 6.92 Å². The number of carbonyl (C=O) groups excluding carboxylic acids is 2. The summed E-state index contributed by atoms with van der Waals surface area (Å²) >= 11 is 6.09. The zero-order valence-corrected chi connectivity index (χ0v) is 13.0. The summed E-state index contributed by atoms with van der Waals surface area (Å²) in [4.78, 5) is 23.9. The number of hydrogen-bond acceptors (Lipinski definition) is 3. The van der Waals surface area contributed by atoms with Crippen molar-refractivity contribution in [1.29, 1.82) is 0 Å². The highest BCUT2D eigenvalue weighted by atomic mass is 35.5. The van der Waals surface area contributed by atoms with Crippen LogP contribution in [0.4, 0.5) is 5.69 Å². The Kier molecular flexibility index (Phi) is 3.80. The number of aryl methyl sites for hydroxylation is 1. The number of amides is 2. The predicted octanol–water partition coefficient (Wildman–Crippen LogP) is 3.75. The maximum atomic E-state index is 12.5. The number of nitrogens with two attached hydrogens (primary N) is 1. The fraction of sp³-hybridized carbons (Fsp3) is 0.0588. The summed E-state index contributed by atoms with van der Waals surface area (Å²) in [5, 5.41) is 3.85. The van der Waals surface area contributed by atoms with Gasteiger partial charge in [0.05, 0.1) is 16.3 Å². The lowest BCUT2D eigenvalue weighted by molar-refractivity contribution is 0.0998. The van der Waals surface area contributed by atoms with Gasteiger partial charge in [0.1, 0.15) is 0 Å². The van der Waals surface area contributed by atoms with E-state index >= 15 is 0 Å². The number of carbonyl (C=O) groups is 2. The van der Waals surface area contributed by atoms with Crippen molar-refractivity contribution in [3.63, 3.8) is 0 Å². The minimum atomic E-state index is -0.620. The lowest BCUT2D eigenvalue weighted by Gasteiger charge is -2.07. The molecule has 0 atom stereocenters. The van der Waals surface area contributed by atoms with E-state index < -0.39 is 11.8 Å². The van der Waals surface area contributed by atoms with Gasteiger partial charge in [-0.1, -0.05) is 35.9 Å². The van der Waals surface area contributed by atoms with E-state index in [1.165, 1.54) is 0 Å². The van der Waals surface area contributed by atoms with E-state index in [4.69, 9.17) is 21.8 Å². The van der Waals surface area contributed by atoms with Crippen LogP contribution in [0.5, 0.6) is 0 Å². The number of furan rings is 1. The van der Waals surface area contributed by atoms with Crippen molar-refractivity contribution in [1.82, 2.24) is 0 Å². The van der Waals surface area contributed by atoms with Gasteiger partial charge in [0.2, 0.25) is 0 Å². The second-order valence-electron chi connectivity index (χ2n) is 5.04. The normalized spacial score (nSPS) is 10.7. The smallest absolute Gasteiger partial charge is 0.291 e. The van der Waals surface area contributed by atoms with Crippen LogP contribution in [0.2, 0.25) is 5.02 Å². The Morgan fingerprint density at radius 1 is 1.13 bits per heavy atom. The molecule has 3 rings (SSSR count). The minimum absolute atomic E-state index is 0.146. The van der Waals surface area contributed by atoms with Gasteiger partial charge in [0.25, 0.3) is 11.8 Å². The average molecular weight is 329 g/mol. The zero-order valence-electron chi connectivity index (χ0n) is 12.2. The quantitative estimate of drug-likeness (QED) is 0.767. The van der Waals surface area contributed by atoms with Crippen LogP contribution in [0.25, 0.3) is 11.0 Å². The van der Waals surface area contributed by atoms with Gasteiger partial charge in [-0.25, -0.2) is 0 Å². The van der Waals surface area contributed by atoms with Crippen LogP contribution in [0.1, 0.15) is 26.5 Å². The topological polar surface area (TPSA) is 85.3 Å². The molecule has 0 saturated heterocycles. The molecule has 23 heavy (non-hydrogen) atoms. The first-order valence-corrected chi connectivity index (χ1v) is 7.24. The lowest BCUT2D eigenvalue weighted by atomic mass is 10.1. The van der Waals surface area contributed by atoms with Gasteiger partial charge in [0.15, 0.2) is 11.3 Å². The summed E-state index contributed by atoms with van der Waals surface area (Å²) in [5.41, 5.74) is 7.00. The standard InChI is InChI=1S/C17H13ClN2O3/c1-9-10-6-4-7-12(18)15(10)23-14(9)17(22)20-13-8-3-2-5-11(13)16(19)21/h2-8H,1H3,(H2,19,21)(H,20,22). The van der Waals surface area contributed by atoms with Gasteiger partial charge in [-0.15, -0.1) is 0 Å². The number of halogens is 1. The molecule has 3 N–H and O–H groups in total. The largest absolute Gasteiger partial charge is 0.449 e. The molecule has 0 spiro atoms. The Labute approximate surface area is 137 Å². The highest BCUT2D eigenvalue weighted by Crippen LogP contribution is 2.31. The third-order valence-corrected chi connectivity index (χ3v) is 3.86. The molecule has 5 nitrogen and oxygen atoms in total. The number of anilines is 1.